The number of aryl methyl sites for hydroxylation is 2. The van der Waals surface area contributed by atoms with Crippen molar-refractivity contribution in [2.45, 2.75) is 63.8 Å². The van der Waals surface area contributed by atoms with E-state index in [0.29, 0.717) is 24.7 Å². The molecule has 2 aliphatic heterocycles. The molecule has 0 N–H and O–H groups in total. The second kappa shape index (κ2) is 9.74. The van der Waals surface area contributed by atoms with Crippen molar-refractivity contribution in [2.75, 3.05) is 26.4 Å². The van der Waals surface area contributed by atoms with Crippen LogP contribution in [0.4, 0.5) is 0 Å². The molecule has 6 heteroatoms. The summed E-state index contributed by atoms with van der Waals surface area (Å²) < 4.78 is 27.9. The molecular weight excluding hydrogens is 420 g/mol. The number of epoxide rings is 2. The fraction of sp³-hybridized carbons (Fsp3) is 0.519. The zero-order chi connectivity index (χ0) is 22.8. The Labute approximate surface area is 195 Å². The van der Waals surface area contributed by atoms with Crippen LogP contribution in [0.1, 0.15) is 58.6 Å². The van der Waals surface area contributed by atoms with Gasteiger partial charge >= 0.3 is 5.97 Å². The first-order valence-corrected chi connectivity index (χ1v) is 12.0. The van der Waals surface area contributed by atoms with Gasteiger partial charge < -0.3 is 23.7 Å². The van der Waals surface area contributed by atoms with Gasteiger partial charge in [0, 0.05) is 0 Å². The van der Waals surface area contributed by atoms with Gasteiger partial charge in [0.2, 0.25) is 0 Å². The van der Waals surface area contributed by atoms with E-state index in [4.69, 9.17) is 23.7 Å². The Hall–Kier alpha value is -2.57. The normalized spacial score (nSPS) is 25.9. The number of hydrogen-bond donors (Lipinski definition) is 0. The monoisotopic (exact) mass is 452 g/mol. The Kier molecular flexibility index (Phi) is 6.56. The van der Waals surface area contributed by atoms with Crippen LogP contribution in [0.15, 0.2) is 36.4 Å². The fourth-order valence-corrected chi connectivity index (χ4v) is 4.56. The van der Waals surface area contributed by atoms with Crippen molar-refractivity contribution in [3.05, 3.63) is 58.7 Å². The summed E-state index contributed by atoms with van der Waals surface area (Å²) in [5.41, 5.74) is 3.81. The van der Waals surface area contributed by atoms with Gasteiger partial charge in [-0.25, -0.2) is 4.79 Å². The molecule has 2 aromatic rings. The quantitative estimate of drug-likeness (QED) is 0.404. The number of ether oxygens (including phenoxy) is 5. The molecule has 0 amide bonds. The van der Waals surface area contributed by atoms with Gasteiger partial charge in [0.15, 0.2) is 0 Å². The highest BCUT2D eigenvalue weighted by Gasteiger charge is 2.27. The smallest absolute Gasteiger partial charge is 0.338 e. The Balaban J connectivity index is 1.11. The summed E-state index contributed by atoms with van der Waals surface area (Å²) in [4.78, 5) is 12.8. The molecule has 2 aromatic carbocycles. The average Bonchev–Trinajstić information content (AvgIpc) is 3.73. The zero-order valence-corrected chi connectivity index (χ0v) is 19.4. The van der Waals surface area contributed by atoms with E-state index in [1.807, 2.05) is 38.1 Å². The van der Waals surface area contributed by atoms with Crippen LogP contribution < -0.4 is 9.47 Å². The molecule has 2 saturated heterocycles. The lowest BCUT2D eigenvalue weighted by Gasteiger charge is -2.28. The zero-order valence-electron chi connectivity index (χ0n) is 19.4. The van der Waals surface area contributed by atoms with E-state index < -0.39 is 0 Å². The Morgan fingerprint density at radius 3 is 2.03 bits per heavy atom. The molecule has 33 heavy (non-hydrogen) atoms. The molecular formula is C27H32O6. The second-order valence-electron chi connectivity index (χ2n) is 9.42. The fourth-order valence-electron chi connectivity index (χ4n) is 4.56. The SMILES string of the molecule is Cc1cc(C(=O)OC2CCC(c3ccc(OCC4CO4)cc3)CC2)cc(C)c1OCC1CO1. The predicted octanol–water partition coefficient (Wildman–Crippen LogP) is 4.74. The predicted molar refractivity (Wildman–Crippen MR) is 123 cm³/mol. The molecule has 176 valence electrons. The van der Waals surface area contributed by atoms with Crippen LogP contribution in [0.2, 0.25) is 0 Å². The number of carbonyl (C=O) groups excluding carboxylic acids is 1. The van der Waals surface area contributed by atoms with Gasteiger partial charge in [-0.2, -0.15) is 0 Å². The summed E-state index contributed by atoms with van der Waals surface area (Å²) in [6.45, 7) is 6.68. The summed E-state index contributed by atoms with van der Waals surface area (Å²) in [5, 5.41) is 0. The van der Waals surface area contributed by atoms with Gasteiger partial charge in [-0.15, -0.1) is 0 Å². The van der Waals surface area contributed by atoms with Crippen LogP contribution in [-0.2, 0) is 14.2 Å². The minimum absolute atomic E-state index is 0.0292. The van der Waals surface area contributed by atoms with Crippen LogP contribution in [0, 0.1) is 13.8 Å². The molecule has 0 bridgehead atoms. The Bertz CT molecular complexity index is 946. The highest BCUT2D eigenvalue weighted by Crippen LogP contribution is 2.35. The molecule has 6 nitrogen and oxygen atoms in total. The molecule has 1 aliphatic carbocycles. The number of rotatable bonds is 9. The molecule has 0 aromatic heterocycles. The first kappa shape index (κ1) is 22.2. The van der Waals surface area contributed by atoms with Crippen molar-refractivity contribution in [3.8, 4) is 11.5 Å². The third-order valence-corrected chi connectivity index (χ3v) is 6.65. The van der Waals surface area contributed by atoms with Crippen molar-refractivity contribution in [1.29, 1.82) is 0 Å². The van der Waals surface area contributed by atoms with Crippen molar-refractivity contribution in [3.63, 3.8) is 0 Å². The van der Waals surface area contributed by atoms with E-state index in [1.54, 1.807) is 0 Å². The van der Waals surface area contributed by atoms with Crippen molar-refractivity contribution >= 4 is 5.97 Å². The number of carbonyl (C=O) groups is 1. The first-order valence-electron chi connectivity index (χ1n) is 12.0. The third kappa shape index (κ3) is 5.87. The maximum absolute atomic E-state index is 12.8. The first-order chi connectivity index (χ1) is 16.0. The van der Waals surface area contributed by atoms with E-state index >= 15 is 0 Å². The van der Waals surface area contributed by atoms with Crippen LogP contribution in [0.25, 0.3) is 0 Å². The topological polar surface area (TPSA) is 69.8 Å². The minimum atomic E-state index is -0.247. The van der Waals surface area contributed by atoms with Gasteiger partial charge in [-0.05, 0) is 86.4 Å². The molecule has 1 saturated carbocycles. The van der Waals surface area contributed by atoms with Crippen LogP contribution in [-0.4, -0.2) is 50.7 Å². The Morgan fingerprint density at radius 1 is 0.879 bits per heavy atom. The molecule has 0 radical (unpaired) electrons. The molecule has 5 rings (SSSR count). The van der Waals surface area contributed by atoms with Gasteiger partial charge in [0.1, 0.15) is 43.0 Å². The van der Waals surface area contributed by atoms with E-state index in [9.17, 15) is 4.79 Å². The van der Waals surface area contributed by atoms with Crippen molar-refractivity contribution in [1.82, 2.24) is 0 Å². The van der Waals surface area contributed by atoms with E-state index in [-0.39, 0.29) is 24.3 Å². The van der Waals surface area contributed by atoms with E-state index in [0.717, 1.165) is 61.5 Å². The van der Waals surface area contributed by atoms with Crippen molar-refractivity contribution in [2.24, 2.45) is 0 Å². The van der Waals surface area contributed by atoms with E-state index in [1.165, 1.54) is 5.56 Å². The highest BCUT2D eigenvalue weighted by atomic mass is 16.6. The van der Waals surface area contributed by atoms with Gasteiger partial charge in [0.25, 0.3) is 0 Å². The molecule has 3 fully saturated rings. The molecule has 2 unspecified atom stereocenters. The summed E-state index contributed by atoms with van der Waals surface area (Å²) in [7, 11) is 0. The summed E-state index contributed by atoms with van der Waals surface area (Å²) in [6.07, 6.45) is 4.24. The second-order valence-corrected chi connectivity index (χ2v) is 9.42. The lowest BCUT2D eigenvalue weighted by Crippen LogP contribution is -2.24. The minimum Gasteiger partial charge on any atom is -0.491 e. The summed E-state index contributed by atoms with van der Waals surface area (Å²) in [6, 6.07) is 12.1. The third-order valence-electron chi connectivity index (χ3n) is 6.65. The number of benzene rings is 2. The summed E-state index contributed by atoms with van der Waals surface area (Å²) >= 11 is 0. The van der Waals surface area contributed by atoms with E-state index in [2.05, 4.69) is 12.1 Å². The lowest BCUT2D eigenvalue weighted by atomic mass is 9.82. The molecule has 2 heterocycles. The maximum Gasteiger partial charge on any atom is 0.338 e. The average molecular weight is 453 g/mol. The standard InChI is InChI=1S/C27H32O6/c1-17-11-21(12-18(2)26(17)32-16-25-15-31-25)27(28)33-23-9-5-20(6-10-23)19-3-7-22(8-4-19)29-13-24-14-30-24/h3-4,7-8,11-12,20,23-25H,5-6,9-10,13-16H2,1-2H3. The maximum atomic E-state index is 12.8. The molecule has 2 atom stereocenters. The van der Waals surface area contributed by atoms with Crippen LogP contribution in [0.3, 0.4) is 0 Å². The highest BCUT2D eigenvalue weighted by molar-refractivity contribution is 5.90. The van der Waals surface area contributed by atoms with Crippen LogP contribution in [0.5, 0.6) is 11.5 Å². The lowest BCUT2D eigenvalue weighted by molar-refractivity contribution is 0.0195. The summed E-state index contributed by atoms with van der Waals surface area (Å²) in [5.74, 6) is 1.97. The van der Waals surface area contributed by atoms with Gasteiger partial charge in [0.05, 0.1) is 18.8 Å². The molecule has 0 spiro atoms. The number of esters is 1. The Morgan fingerprint density at radius 2 is 1.45 bits per heavy atom. The molecule has 3 aliphatic rings. The van der Waals surface area contributed by atoms with Crippen LogP contribution >= 0.6 is 0 Å². The van der Waals surface area contributed by atoms with Gasteiger partial charge in [-0.3, -0.25) is 0 Å². The van der Waals surface area contributed by atoms with Gasteiger partial charge in [-0.1, -0.05) is 12.1 Å². The number of hydrogen-bond acceptors (Lipinski definition) is 6. The largest absolute Gasteiger partial charge is 0.491 e. The van der Waals surface area contributed by atoms with Crippen molar-refractivity contribution < 1.29 is 28.5 Å².